The monoisotopic (exact) mass is 503 g/mol. The second-order valence-electron chi connectivity index (χ2n) is 9.06. The van der Waals surface area contributed by atoms with E-state index in [0.717, 1.165) is 44.0 Å². The maximum absolute atomic E-state index is 13.7. The first-order valence-electron chi connectivity index (χ1n) is 13.4. The average Bonchev–Trinajstić information content (AvgIpc) is 3.62. The average molecular weight is 504 g/mol. The van der Waals surface area contributed by atoms with Gasteiger partial charge in [-0.3, -0.25) is 0 Å². The van der Waals surface area contributed by atoms with Gasteiger partial charge in [-0.05, 0) is 84.9 Å². The Morgan fingerprint density at radius 2 is 1.64 bits per heavy atom. The molecule has 1 fully saturated rings. The lowest BCUT2D eigenvalue weighted by Gasteiger charge is -2.19. The summed E-state index contributed by atoms with van der Waals surface area (Å²) in [6.07, 6.45) is 2.74. The number of rotatable bonds is 5. The number of hydrogen-bond donors (Lipinski definition) is 1. The van der Waals surface area contributed by atoms with Gasteiger partial charge < -0.3 is 9.72 Å². The van der Waals surface area contributed by atoms with Crippen molar-refractivity contribution in [3.05, 3.63) is 64.3 Å². The van der Waals surface area contributed by atoms with E-state index in [2.05, 4.69) is 11.9 Å². The van der Waals surface area contributed by atoms with Gasteiger partial charge in [-0.25, -0.2) is 0 Å². The quantitative estimate of drug-likeness (QED) is 0.368. The van der Waals surface area contributed by atoms with Crippen molar-refractivity contribution >= 4 is 10.9 Å². The number of ether oxygens (including phenoxy) is 1. The molecule has 2 aliphatic rings. The molecule has 0 radical (unpaired) electrons. The van der Waals surface area contributed by atoms with Crippen LogP contribution in [0.15, 0.2) is 36.4 Å². The van der Waals surface area contributed by atoms with Crippen LogP contribution in [0.3, 0.4) is 0 Å². The predicted octanol–water partition coefficient (Wildman–Crippen LogP) is 10.6. The van der Waals surface area contributed by atoms with Crippen molar-refractivity contribution in [3.63, 3.8) is 0 Å². The van der Waals surface area contributed by atoms with E-state index in [9.17, 15) is 13.2 Å². The third-order valence-electron chi connectivity index (χ3n) is 7.18. The highest BCUT2D eigenvalue weighted by molar-refractivity contribution is 5.86. The molecule has 200 valence electrons. The minimum absolute atomic E-state index is 0. The Labute approximate surface area is 215 Å². The van der Waals surface area contributed by atoms with Gasteiger partial charge in [-0.1, -0.05) is 67.0 Å². The number of H-pyrrole nitrogens is 1. The Kier molecular flexibility index (Phi) is 10.9. The van der Waals surface area contributed by atoms with E-state index in [0.29, 0.717) is 22.8 Å². The molecule has 0 saturated heterocycles. The van der Waals surface area contributed by atoms with Gasteiger partial charge in [-0.15, -0.1) is 0 Å². The second kappa shape index (κ2) is 13.2. The van der Waals surface area contributed by atoms with E-state index in [1.807, 2.05) is 45.9 Å². The molecule has 2 aromatic carbocycles. The summed E-state index contributed by atoms with van der Waals surface area (Å²) >= 11 is 0. The van der Waals surface area contributed by atoms with Gasteiger partial charge in [0, 0.05) is 16.6 Å². The summed E-state index contributed by atoms with van der Waals surface area (Å²) in [5, 5.41) is 1.18. The zero-order valence-electron chi connectivity index (χ0n) is 21.8. The number of alkyl halides is 3. The van der Waals surface area contributed by atoms with Crippen molar-refractivity contribution in [2.24, 2.45) is 0 Å². The lowest BCUT2D eigenvalue weighted by atomic mass is 9.91. The molecule has 5 heteroatoms. The Hall–Kier alpha value is -2.43. The van der Waals surface area contributed by atoms with E-state index in [4.69, 9.17) is 4.74 Å². The number of hydrogen-bond acceptors (Lipinski definition) is 1. The minimum atomic E-state index is -4.34. The molecule has 0 bridgehead atoms. The highest BCUT2D eigenvalue weighted by Crippen LogP contribution is 2.42. The van der Waals surface area contributed by atoms with Crippen molar-refractivity contribution in [3.8, 4) is 5.75 Å². The van der Waals surface area contributed by atoms with Crippen LogP contribution in [0, 0.1) is 0 Å². The molecular formula is C31H44F3NO. The summed E-state index contributed by atoms with van der Waals surface area (Å²) in [7, 11) is 0. The summed E-state index contributed by atoms with van der Waals surface area (Å²) in [5.74, 6) is 1.31. The summed E-state index contributed by atoms with van der Waals surface area (Å²) in [6, 6.07) is 10.7. The SMILES string of the molecule is C.CC.CC.CC[C@H]1CCc2c1[nH]c1ccc(OCc3ccc(C4CCCC4)c(C(F)(F)F)c3)cc21. The van der Waals surface area contributed by atoms with Crippen LogP contribution in [-0.2, 0) is 19.2 Å². The molecule has 0 amide bonds. The standard InChI is InChI=1S/C26H28F3NO.2C2H6.CH4/c1-2-17-8-11-21-22-14-19(9-12-24(22)30-25(17)21)31-15-16-7-10-20(18-5-3-4-6-18)23(13-16)26(27,28)29;2*1-2;/h7,9-10,12-14,17-18,30H,2-6,8,11,15H2,1H3;2*1-2H3;1H4/t17-;;;/m0.../s1. The van der Waals surface area contributed by atoms with Crippen LogP contribution in [0.2, 0.25) is 0 Å². The fraction of sp³-hybridized carbons (Fsp3) is 0.548. The smallest absolute Gasteiger partial charge is 0.416 e. The van der Waals surface area contributed by atoms with Gasteiger partial charge in [0.2, 0.25) is 0 Å². The van der Waals surface area contributed by atoms with Crippen LogP contribution < -0.4 is 4.74 Å². The number of aryl methyl sites for hydroxylation is 1. The highest BCUT2D eigenvalue weighted by Gasteiger charge is 2.36. The Bertz CT molecular complexity index is 1090. The zero-order chi connectivity index (χ0) is 25.6. The number of fused-ring (bicyclic) bond motifs is 3. The number of aromatic amines is 1. The third-order valence-corrected chi connectivity index (χ3v) is 7.18. The van der Waals surface area contributed by atoms with Crippen molar-refractivity contribution in [1.29, 1.82) is 0 Å². The van der Waals surface area contributed by atoms with Crippen LogP contribution in [-0.4, -0.2) is 4.98 Å². The van der Waals surface area contributed by atoms with Crippen molar-refractivity contribution in [2.75, 3.05) is 0 Å². The molecule has 1 atom stereocenters. The fourth-order valence-corrected chi connectivity index (χ4v) is 5.52. The largest absolute Gasteiger partial charge is 0.489 e. The lowest BCUT2D eigenvalue weighted by Crippen LogP contribution is -2.12. The molecule has 36 heavy (non-hydrogen) atoms. The van der Waals surface area contributed by atoms with E-state index in [1.54, 1.807) is 12.1 Å². The molecule has 1 N–H and O–H groups in total. The van der Waals surface area contributed by atoms with Gasteiger partial charge in [0.25, 0.3) is 0 Å². The Morgan fingerprint density at radius 1 is 0.944 bits per heavy atom. The van der Waals surface area contributed by atoms with E-state index in [-0.39, 0.29) is 20.0 Å². The normalized spacial score (nSPS) is 16.9. The van der Waals surface area contributed by atoms with Crippen LogP contribution >= 0.6 is 0 Å². The van der Waals surface area contributed by atoms with E-state index in [1.165, 1.54) is 29.1 Å². The number of halogens is 3. The lowest BCUT2D eigenvalue weighted by molar-refractivity contribution is -0.138. The number of nitrogens with one attached hydrogen (secondary N) is 1. The summed E-state index contributed by atoms with van der Waals surface area (Å²) in [5.41, 5.74) is 4.32. The first kappa shape index (κ1) is 29.8. The molecule has 0 unspecified atom stereocenters. The molecule has 1 heterocycles. The Morgan fingerprint density at radius 3 is 2.28 bits per heavy atom. The highest BCUT2D eigenvalue weighted by atomic mass is 19.4. The van der Waals surface area contributed by atoms with E-state index < -0.39 is 11.7 Å². The van der Waals surface area contributed by atoms with Crippen molar-refractivity contribution in [2.45, 2.75) is 112 Å². The molecule has 5 rings (SSSR count). The molecular weight excluding hydrogens is 459 g/mol. The molecule has 0 spiro atoms. The topological polar surface area (TPSA) is 25.0 Å². The molecule has 1 saturated carbocycles. The van der Waals surface area contributed by atoms with Gasteiger partial charge in [0.15, 0.2) is 0 Å². The molecule has 2 aliphatic carbocycles. The number of benzene rings is 2. The zero-order valence-corrected chi connectivity index (χ0v) is 21.8. The predicted molar refractivity (Wildman–Crippen MR) is 146 cm³/mol. The first-order valence-corrected chi connectivity index (χ1v) is 13.4. The Balaban J connectivity index is 0.000000871. The summed E-state index contributed by atoms with van der Waals surface area (Å²) in [6.45, 7) is 10.3. The van der Waals surface area contributed by atoms with Crippen molar-refractivity contribution in [1.82, 2.24) is 4.98 Å². The minimum Gasteiger partial charge on any atom is -0.489 e. The van der Waals surface area contributed by atoms with Crippen LogP contribution in [0.5, 0.6) is 5.75 Å². The summed E-state index contributed by atoms with van der Waals surface area (Å²) in [4.78, 5) is 3.55. The van der Waals surface area contributed by atoms with Crippen LogP contribution in [0.25, 0.3) is 10.9 Å². The molecule has 3 aromatic rings. The van der Waals surface area contributed by atoms with Gasteiger partial charge in [-0.2, -0.15) is 13.2 Å². The molecule has 2 nitrogen and oxygen atoms in total. The number of aromatic nitrogens is 1. The second-order valence-corrected chi connectivity index (χ2v) is 9.06. The summed E-state index contributed by atoms with van der Waals surface area (Å²) < 4.78 is 47.1. The maximum Gasteiger partial charge on any atom is 0.416 e. The third kappa shape index (κ3) is 6.27. The fourth-order valence-electron chi connectivity index (χ4n) is 5.52. The van der Waals surface area contributed by atoms with Crippen LogP contribution in [0.4, 0.5) is 13.2 Å². The van der Waals surface area contributed by atoms with Crippen molar-refractivity contribution < 1.29 is 17.9 Å². The van der Waals surface area contributed by atoms with Gasteiger partial charge in [0.1, 0.15) is 12.4 Å². The first-order chi connectivity index (χ1) is 16.9. The van der Waals surface area contributed by atoms with Gasteiger partial charge in [0.05, 0.1) is 5.56 Å². The van der Waals surface area contributed by atoms with E-state index >= 15 is 0 Å². The molecule has 0 aliphatic heterocycles. The maximum atomic E-state index is 13.7. The van der Waals surface area contributed by atoms with Crippen LogP contribution in [0.1, 0.15) is 120 Å². The van der Waals surface area contributed by atoms with Gasteiger partial charge >= 0.3 is 6.18 Å². The molecule has 1 aromatic heterocycles.